The minimum atomic E-state index is -0.217. The summed E-state index contributed by atoms with van der Waals surface area (Å²) in [5, 5.41) is 8.36. The topological polar surface area (TPSA) is 29.0 Å². The molecule has 0 unspecified atom stereocenters. The number of aromatic nitrogens is 1. The zero-order valence-electron chi connectivity index (χ0n) is 21.4. The van der Waals surface area contributed by atoms with E-state index in [1.54, 1.807) is 12.1 Å². The van der Waals surface area contributed by atoms with Crippen molar-refractivity contribution in [2.24, 2.45) is 0 Å². The number of hydrogen-bond acceptors (Lipinski definition) is 2. The first-order valence-corrected chi connectivity index (χ1v) is 13.1. The Morgan fingerprint density at radius 1 is 0.757 bits per heavy atom. The van der Waals surface area contributed by atoms with Crippen LogP contribution in [-0.4, -0.2) is 11.1 Å². The Bertz CT molecular complexity index is 1420. The van der Waals surface area contributed by atoms with Crippen LogP contribution in [0.2, 0.25) is 0 Å². The van der Waals surface area contributed by atoms with Crippen molar-refractivity contribution < 1.29 is 4.39 Å². The molecule has 188 valence electrons. The largest absolute Gasteiger partial charge is 0.381 e. The summed E-state index contributed by atoms with van der Waals surface area (Å²) in [5.74, 6) is -0.217. The van der Waals surface area contributed by atoms with Gasteiger partial charge in [-0.05, 0) is 83.6 Å². The van der Waals surface area contributed by atoms with Crippen molar-refractivity contribution in [3.63, 3.8) is 0 Å². The SMILES string of the molecule is CCCn1cc(CNCCc2ccc(-c3ccccc3)cc2)c2cc(CNc3ccc(F)cc3)ccc21. The molecule has 37 heavy (non-hydrogen) atoms. The molecule has 3 nitrogen and oxygen atoms in total. The molecule has 2 N–H and O–H groups in total. The Morgan fingerprint density at radius 2 is 1.49 bits per heavy atom. The van der Waals surface area contributed by atoms with Gasteiger partial charge in [0.05, 0.1) is 0 Å². The fourth-order valence-corrected chi connectivity index (χ4v) is 4.82. The van der Waals surface area contributed by atoms with E-state index in [1.165, 1.54) is 50.9 Å². The van der Waals surface area contributed by atoms with Crippen molar-refractivity contribution in [3.8, 4) is 11.1 Å². The van der Waals surface area contributed by atoms with Crippen LogP contribution >= 0.6 is 0 Å². The summed E-state index contributed by atoms with van der Waals surface area (Å²) in [6.07, 6.45) is 4.39. The predicted molar refractivity (Wildman–Crippen MR) is 153 cm³/mol. The van der Waals surface area contributed by atoms with Crippen LogP contribution in [0, 0.1) is 5.82 Å². The van der Waals surface area contributed by atoms with Crippen LogP contribution in [0.1, 0.15) is 30.0 Å². The molecule has 5 aromatic rings. The lowest BCUT2D eigenvalue weighted by Gasteiger charge is -2.09. The molecule has 0 aliphatic rings. The van der Waals surface area contributed by atoms with Gasteiger partial charge in [-0.3, -0.25) is 0 Å². The summed E-state index contributed by atoms with van der Waals surface area (Å²) >= 11 is 0. The van der Waals surface area contributed by atoms with E-state index in [-0.39, 0.29) is 5.82 Å². The second-order valence-corrected chi connectivity index (χ2v) is 9.55. The van der Waals surface area contributed by atoms with Gasteiger partial charge in [0.1, 0.15) is 5.82 Å². The van der Waals surface area contributed by atoms with Crippen molar-refractivity contribution in [1.29, 1.82) is 0 Å². The summed E-state index contributed by atoms with van der Waals surface area (Å²) in [5.41, 5.74) is 8.59. The van der Waals surface area contributed by atoms with Crippen LogP contribution in [0.3, 0.4) is 0 Å². The average Bonchev–Trinajstić information content (AvgIpc) is 3.28. The second kappa shape index (κ2) is 11.9. The molecular formula is C33H34FN3. The van der Waals surface area contributed by atoms with Crippen molar-refractivity contribution in [1.82, 2.24) is 9.88 Å². The molecule has 0 radical (unpaired) electrons. The van der Waals surface area contributed by atoms with Crippen LogP contribution in [0.25, 0.3) is 22.0 Å². The minimum absolute atomic E-state index is 0.217. The van der Waals surface area contributed by atoms with Gasteiger partial charge in [0, 0.05) is 42.4 Å². The highest BCUT2D eigenvalue weighted by Gasteiger charge is 2.09. The van der Waals surface area contributed by atoms with Gasteiger partial charge in [0.2, 0.25) is 0 Å². The monoisotopic (exact) mass is 491 g/mol. The maximum atomic E-state index is 13.2. The van der Waals surface area contributed by atoms with E-state index in [0.29, 0.717) is 6.54 Å². The van der Waals surface area contributed by atoms with Crippen molar-refractivity contribution >= 4 is 16.6 Å². The number of anilines is 1. The third-order valence-electron chi connectivity index (χ3n) is 6.80. The number of rotatable bonds is 11. The highest BCUT2D eigenvalue weighted by Crippen LogP contribution is 2.24. The van der Waals surface area contributed by atoms with Gasteiger partial charge in [-0.15, -0.1) is 0 Å². The van der Waals surface area contributed by atoms with Gasteiger partial charge >= 0.3 is 0 Å². The molecule has 0 saturated carbocycles. The predicted octanol–water partition coefficient (Wildman–Crippen LogP) is 7.80. The zero-order chi connectivity index (χ0) is 25.5. The molecule has 0 aliphatic heterocycles. The van der Waals surface area contributed by atoms with Crippen LogP contribution in [-0.2, 0) is 26.1 Å². The molecule has 0 spiro atoms. The molecule has 0 bridgehead atoms. The quantitative estimate of drug-likeness (QED) is 0.185. The molecule has 1 aromatic heterocycles. The Morgan fingerprint density at radius 3 is 2.24 bits per heavy atom. The fraction of sp³-hybridized carbons (Fsp3) is 0.212. The van der Waals surface area contributed by atoms with Crippen molar-refractivity contribution in [3.05, 3.63) is 126 Å². The fourth-order valence-electron chi connectivity index (χ4n) is 4.82. The van der Waals surface area contributed by atoms with Gasteiger partial charge in [0.15, 0.2) is 0 Å². The number of nitrogens with zero attached hydrogens (tertiary/aromatic N) is 1. The maximum Gasteiger partial charge on any atom is 0.123 e. The highest BCUT2D eigenvalue weighted by molar-refractivity contribution is 5.85. The summed E-state index contributed by atoms with van der Waals surface area (Å²) in [7, 11) is 0. The number of benzene rings is 4. The molecule has 0 aliphatic carbocycles. The van der Waals surface area contributed by atoms with E-state index >= 15 is 0 Å². The molecule has 0 atom stereocenters. The van der Waals surface area contributed by atoms with E-state index in [9.17, 15) is 4.39 Å². The first kappa shape index (κ1) is 24.8. The van der Waals surface area contributed by atoms with Gasteiger partial charge < -0.3 is 15.2 Å². The van der Waals surface area contributed by atoms with Gasteiger partial charge in [-0.2, -0.15) is 0 Å². The summed E-state index contributed by atoms with van der Waals surface area (Å²) in [6, 6.07) is 32.6. The third-order valence-corrected chi connectivity index (χ3v) is 6.80. The molecule has 1 heterocycles. The Balaban J connectivity index is 1.22. The van der Waals surface area contributed by atoms with Gasteiger partial charge in [-0.25, -0.2) is 4.39 Å². The third kappa shape index (κ3) is 6.28. The Kier molecular flexibility index (Phi) is 7.97. The summed E-state index contributed by atoms with van der Waals surface area (Å²) < 4.78 is 15.6. The second-order valence-electron chi connectivity index (χ2n) is 9.55. The zero-order valence-corrected chi connectivity index (χ0v) is 21.4. The Hall–Kier alpha value is -3.89. The Labute approximate surface area is 219 Å². The first-order chi connectivity index (χ1) is 18.2. The van der Waals surface area contributed by atoms with E-state index in [0.717, 1.165) is 38.2 Å². The van der Waals surface area contributed by atoms with E-state index in [1.807, 2.05) is 0 Å². The van der Waals surface area contributed by atoms with E-state index in [2.05, 4.69) is 101 Å². The van der Waals surface area contributed by atoms with Crippen molar-refractivity contribution in [2.75, 3.05) is 11.9 Å². The number of nitrogens with one attached hydrogen (secondary N) is 2. The van der Waals surface area contributed by atoms with Crippen LogP contribution < -0.4 is 10.6 Å². The van der Waals surface area contributed by atoms with Gasteiger partial charge in [-0.1, -0.05) is 67.6 Å². The lowest BCUT2D eigenvalue weighted by Crippen LogP contribution is -2.16. The number of hydrogen-bond donors (Lipinski definition) is 2. The molecule has 0 amide bonds. The summed E-state index contributed by atoms with van der Waals surface area (Å²) in [6.45, 7) is 5.69. The lowest BCUT2D eigenvalue weighted by molar-refractivity contribution is 0.628. The lowest BCUT2D eigenvalue weighted by atomic mass is 10.0. The molecule has 0 saturated heterocycles. The van der Waals surface area contributed by atoms with E-state index in [4.69, 9.17) is 0 Å². The summed E-state index contributed by atoms with van der Waals surface area (Å²) in [4.78, 5) is 0. The smallest absolute Gasteiger partial charge is 0.123 e. The maximum absolute atomic E-state index is 13.2. The number of aryl methyl sites for hydroxylation is 1. The normalized spacial score (nSPS) is 11.2. The van der Waals surface area contributed by atoms with Gasteiger partial charge in [0.25, 0.3) is 0 Å². The average molecular weight is 492 g/mol. The number of fused-ring (bicyclic) bond motifs is 1. The molecule has 0 fully saturated rings. The standard InChI is InChI=1S/C33H34FN3/c1-2-20-37-24-29(23-35-19-18-25-8-11-28(12-9-25)27-6-4-3-5-7-27)32-21-26(10-17-33(32)37)22-36-31-15-13-30(34)14-16-31/h3-17,21,24,35-36H,2,18-20,22-23H2,1H3. The molecular weight excluding hydrogens is 457 g/mol. The van der Waals surface area contributed by atoms with Crippen LogP contribution in [0.4, 0.5) is 10.1 Å². The molecule has 4 heteroatoms. The minimum Gasteiger partial charge on any atom is -0.381 e. The first-order valence-electron chi connectivity index (χ1n) is 13.1. The van der Waals surface area contributed by atoms with Crippen LogP contribution in [0.5, 0.6) is 0 Å². The molecule has 4 aromatic carbocycles. The van der Waals surface area contributed by atoms with Crippen LogP contribution in [0.15, 0.2) is 103 Å². The van der Waals surface area contributed by atoms with E-state index < -0.39 is 0 Å². The number of halogens is 1. The highest BCUT2D eigenvalue weighted by atomic mass is 19.1. The van der Waals surface area contributed by atoms with Crippen molar-refractivity contribution in [2.45, 2.75) is 39.4 Å². The molecule has 5 rings (SSSR count).